The first-order valence-electron chi connectivity index (χ1n) is 12.3. The molecule has 2 atom stereocenters. The summed E-state index contributed by atoms with van der Waals surface area (Å²) >= 11 is 0. The molecule has 2 aliphatic rings. The first-order valence-corrected chi connectivity index (χ1v) is 12.3. The first-order chi connectivity index (χ1) is 17.9. The van der Waals surface area contributed by atoms with Crippen LogP contribution in [0.25, 0.3) is 33.5 Å². The van der Waals surface area contributed by atoms with Gasteiger partial charge in [-0.05, 0) is 42.7 Å². The van der Waals surface area contributed by atoms with Gasteiger partial charge in [0.2, 0.25) is 0 Å². The number of halogens is 2. The Morgan fingerprint density at radius 3 is 2.81 bits per heavy atom. The average Bonchev–Trinajstić information content (AvgIpc) is 3.30. The highest BCUT2D eigenvalue weighted by Gasteiger charge is 2.35. The van der Waals surface area contributed by atoms with Gasteiger partial charge in [-0.15, -0.1) is 0 Å². The van der Waals surface area contributed by atoms with Crippen molar-refractivity contribution in [1.82, 2.24) is 20.3 Å². The Hall–Kier alpha value is -3.76. The number of imidazole rings is 1. The smallest absolute Gasteiger partial charge is 0.149 e. The molecule has 4 aromatic rings. The van der Waals surface area contributed by atoms with Gasteiger partial charge in [0.15, 0.2) is 0 Å². The fraction of sp³-hybridized carbons (Fsp3) is 0.333. The summed E-state index contributed by atoms with van der Waals surface area (Å²) in [6.07, 6.45) is 2.54. The van der Waals surface area contributed by atoms with Crippen molar-refractivity contribution in [2.24, 2.45) is 0 Å². The number of aromatic amines is 1. The van der Waals surface area contributed by atoms with Crippen LogP contribution in [0.1, 0.15) is 12.0 Å². The summed E-state index contributed by atoms with van der Waals surface area (Å²) in [4.78, 5) is 14.6. The number of pyridine rings is 1. The van der Waals surface area contributed by atoms with Crippen LogP contribution in [0.2, 0.25) is 0 Å². The largest absolute Gasteiger partial charge is 0.494 e. The lowest BCUT2D eigenvalue weighted by molar-refractivity contribution is -0.00899. The Morgan fingerprint density at radius 2 is 2.00 bits per heavy atom. The Kier molecular flexibility index (Phi) is 5.92. The number of morpholine rings is 1. The fourth-order valence-electron chi connectivity index (χ4n) is 5.48. The molecule has 2 aromatic heterocycles. The predicted octanol–water partition coefficient (Wildman–Crippen LogP) is 4.04. The van der Waals surface area contributed by atoms with Crippen molar-refractivity contribution in [1.29, 1.82) is 0 Å². The summed E-state index contributed by atoms with van der Waals surface area (Å²) in [6, 6.07) is 7.83. The number of aryl methyl sites for hydroxylation is 1. The van der Waals surface area contributed by atoms with Crippen LogP contribution >= 0.6 is 0 Å². The second kappa shape index (κ2) is 9.28. The summed E-state index contributed by atoms with van der Waals surface area (Å²) in [7, 11) is 1.47. The van der Waals surface area contributed by atoms with Crippen LogP contribution in [-0.2, 0) is 4.74 Å². The average molecular weight is 507 g/mol. The van der Waals surface area contributed by atoms with Crippen LogP contribution < -0.4 is 20.7 Å². The van der Waals surface area contributed by atoms with Gasteiger partial charge in [0.25, 0.3) is 0 Å². The van der Waals surface area contributed by atoms with E-state index in [9.17, 15) is 8.78 Å². The van der Waals surface area contributed by atoms with E-state index in [1.54, 1.807) is 6.20 Å². The molecule has 0 bridgehead atoms. The van der Waals surface area contributed by atoms with Crippen LogP contribution in [0.4, 0.5) is 20.3 Å². The molecule has 2 saturated heterocycles. The number of rotatable bonds is 4. The zero-order valence-electron chi connectivity index (χ0n) is 20.6. The molecule has 8 nitrogen and oxygen atoms in total. The van der Waals surface area contributed by atoms with Gasteiger partial charge in [-0.2, -0.15) is 0 Å². The monoisotopic (exact) mass is 506 g/mol. The van der Waals surface area contributed by atoms with E-state index in [1.807, 2.05) is 13.0 Å². The fourth-order valence-corrected chi connectivity index (χ4v) is 5.48. The molecule has 2 aromatic carbocycles. The molecule has 0 aliphatic carbocycles. The third-order valence-corrected chi connectivity index (χ3v) is 7.12. The van der Waals surface area contributed by atoms with Gasteiger partial charge >= 0.3 is 0 Å². The number of piperidine rings is 1. The number of H-pyrrole nitrogens is 1. The lowest BCUT2D eigenvalue weighted by Crippen LogP contribution is -2.58. The number of benzene rings is 2. The number of anilines is 2. The summed E-state index contributed by atoms with van der Waals surface area (Å²) in [5.74, 6) is 0.222. The second-order valence-corrected chi connectivity index (χ2v) is 9.59. The van der Waals surface area contributed by atoms with Crippen molar-refractivity contribution in [3.63, 3.8) is 0 Å². The number of methoxy groups -OCH3 is 1. The normalized spacial score (nSPS) is 19.7. The van der Waals surface area contributed by atoms with Gasteiger partial charge in [0, 0.05) is 43.5 Å². The summed E-state index contributed by atoms with van der Waals surface area (Å²) in [5.41, 5.74) is 11.0. The first kappa shape index (κ1) is 23.6. The van der Waals surface area contributed by atoms with Crippen LogP contribution in [-0.4, -0.2) is 60.4 Å². The molecule has 0 amide bonds. The SMILES string of the molecule is COc1cc(F)cc2[nH]c(-c3c(N)ncc(-c4cc(C)cc(F)c4)c3N3CCC4NCCOC4C3)nc12. The highest BCUT2D eigenvalue weighted by atomic mass is 19.1. The zero-order chi connectivity index (χ0) is 25.7. The van der Waals surface area contributed by atoms with E-state index in [4.69, 9.17) is 20.2 Å². The minimum absolute atomic E-state index is 0.00306. The molecule has 2 unspecified atom stereocenters. The van der Waals surface area contributed by atoms with E-state index >= 15 is 0 Å². The highest BCUT2D eigenvalue weighted by Crippen LogP contribution is 2.43. The number of nitrogens with one attached hydrogen (secondary N) is 2. The third-order valence-electron chi connectivity index (χ3n) is 7.12. The maximum Gasteiger partial charge on any atom is 0.149 e. The minimum atomic E-state index is -0.445. The van der Waals surface area contributed by atoms with Gasteiger partial charge in [-0.25, -0.2) is 18.7 Å². The van der Waals surface area contributed by atoms with Crippen LogP contribution in [0.3, 0.4) is 0 Å². The quantitative estimate of drug-likeness (QED) is 0.384. The minimum Gasteiger partial charge on any atom is -0.494 e. The standard InChI is InChI=1S/C27H28F2N6O2/c1-14-7-15(9-16(28)8-14)18-12-32-26(30)23(25(18)35-5-3-19-22(13-35)37-6-4-31-19)27-33-20-10-17(29)11-21(36-2)24(20)34-27/h7-12,19,22,31H,3-6,13H2,1-2H3,(H2,30,32)(H,33,34). The molecule has 6 rings (SSSR count). The van der Waals surface area contributed by atoms with E-state index in [0.29, 0.717) is 46.9 Å². The molecule has 192 valence electrons. The topological polar surface area (TPSA) is 101 Å². The van der Waals surface area contributed by atoms with E-state index < -0.39 is 5.82 Å². The van der Waals surface area contributed by atoms with Crippen molar-refractivity contribution in [3.8, 4) is 28.3 Å². The van der Waals surface area contributed by atoms with Gasteiger partial charge in [-0.3, -0.25) is 0 Å². The Balaban J connectivity index is 1.57. The number of nitrogens with two attached hydrogens (primary N) is 1. The molecule has 0 spiro atoms. The highest BCUT2D eigenvalue weighted by molar-refractivity contribution is 5.96. The summed E-state index contributed by atoms with van der Waals surface area (Å²) < 4.78 is 40.2. The number of hydrogen-bond donors (Lipinski definition) is 3. The Labute approximate surface area is 212 Å². The number of hydrogen-bond acceptors (Lipinski definition) is 7. The van der Waals surface area contributed by atoms with Gasteiger partial charge < -0.3 is 30.4 Å². The summed E-state index contributed by atoms with van der Waals surface area (Å²) in [6.45, 7) is 4.68. The van der Waals surface area contributed by atoms with Crippen molar-refractivity contribution >= 4 is 22.5 Å². The Bertz CT molecular complexity index is 1470. The number of nitrogens with zero attached hydrogens (tertiary/aromatic N) is 3. The number of ether oxygens (including phenoxy) is 2. The maximum absolute atomic E-state index is 14.5. The van der Waals surface area contributed by atoms with Gasteiger partial charge in [0.1, 0.15) is 34.5 Å². The molecule has 37 heavy (non-hydrogen) atoms. The van der Waals surface area contributed by atoms with E-state index in [0.717, 1.165) is 36.3 Å². The molecular formula is C27H28F2N6O2. The molecule has 2 aliphatic heterocycles. The third kappa shape index (κ3) is 4.25. The van der Waals surface area contributed by atoms with Gasteiger partial charge in [0.05, 0.1) is 36.6 Å². The molecular weight excluding hydrogens is 478 g/mol. The van der Waals surface area contributed by atoms with Gasteiger partial charge in [-0.1, -0.05) is 6.07 Å². The van der Waals surface area contributed by atoms with E-state index in [2.05, 4.69) is 20.2 Å². The molecule has 4 N–H and O–H groups in total. The number of aromatic nitrogens is 3. The van der Waals surface area contributed by atoms with Crippen LogP contribution in [0, 0.1) is 18.6 Å². The van der Waals surface area contributed by atoms with E-state index in [1.165, 1.54) is 31.4 Å². The van der Waals surface area contributed by atoms with Crippen molar-refractivity contribution in [3.05, 3.63) is 53.7 Å². The molecule has 4 heterocycles. The summed E-state index contributed by atoms with van der Waals surface area (Å²) in [5, 5.41) is 3.54. The van der Waals surface area contributed by atoms with Crippen molar-refractivity contribution in [2.75, 3.05) is 44.0 Å². The number of fused-ring (bicyclic) bond motifs is 2. The zero-order valence-corrected chi connectivity index (χ0v) is 20.6. The van der Waals surface area contributed by atoms with Crippen molar-refractivity contribution in [2.45, 2.75) is 25.5 Å². The predicted molar refractivity (Wildman–Crippen MR) is 139 cm³/mol. The number of nitrogen functional groups attached to an aromatic ring is 1. The van der Waals surface area contributed by atoms with Crippen LogP contribution in [0.15, 0.2) is 36.5 Å². The van der Waals surface area contributed by atoms with Crippen LogP contribution in [0.5, 0.6) is 5.75 Å². The molecule has 10 heteroatoms. The van der Waals surface area contributed by atoms with E-state index in [-0.39, 0.29) is 23.8 Å². The molecule has 0 radical (unpaired) electrons. The molecule has 2 fully saturated rings. The van der Waals surface area contributed by atoms with Crippen molar-refractivity contribution < 1.29 is 18.3 Å². The molecule has 0 saturated carbocycles. The lowest BCUT2D eigenvalue weighted by atomic mass is 9.95. The Morgan fingerprint density at radius 1 is 1.16 bits per heavy atom. The maximum atomic E-state index is 14.5. The lowest BCUT2D eigenvalue weighted by Gasteiger charge is -2.43. The second-order valence-electron chi connectivity index (χ2n) is 9.59.